The zero-order valence-corrected chi connectivity index (χ0v) is 16.6. The molecule has 0 bridgehead atoms. The van der Waals surface area contributed by atoms with Crippen molar-refractivity contribution in [2.75, 3.05) is 12.4 Å². The molecule has 0 radical (unpaired) electrons. The lowest BCUT2D eigenvalue weighted by atomic mass is 10.2. The molecular formula is C20H16F2N4O2S. The van der Waals surface area contributed by atoms with Gasteiger partial charge in [-0.25, -0.2) is 18.4 Å². The van der Waals surface area contributed by atoms with E-state index in [9.17, 15) is 13.6 Å². The van der Waals surface area contributed by atoms with Gasteiger partial charge < -0.3 is 4.74 Å². The van der Waals surface area contributed by atoms with Crippen LogP contribution in [0.25, 0.3) is 15.9 Å². The number of rotatable bonds is 4. The number of anilines is 1. The Kier molecular flexibility index (Phi) is 4.75. The minimum Gasteiger partial charge on any atom is -0.494 e. The Balaban J connectivity index is 1.69. The third-order valence-electron chi connectivity index (χ3n) is 4.48. The molecule has 148 valence electrons. The number of hydrogen-bond acceptors (Lipinski definition) is 5. The molecule has 2 aromatic carbocycles. The van der Waals surface area contributed by atoms with E-state index in [2.05, 4.69) is 15.4 Å². The summed E-state index contributed by atoms with van der Waals surface area (Å²) in [6.45, 7) is 3.31. The van der Waals surface area contributed by atoms with Crippen LogP contribution in [0, 0.1) is 25.5 Å². The molecular weight excluding hydrogens is 398 g/mol. The molecule has 0 aliphatic heterocycles. The molecule has 4 rings (SSSR count). The molecule has 0 spiro atoms. The summed E-state index contributed by atoms with van der Waals surface area (Å²) in [7, 11) is 1.56. The van der Waals surface area contributed by atoms with Gasteiger partial charge in [0, 0.05) is 6.07 Å². The molecule has 2 heterocycles. The number of aryl methyl sites for hydroxylation is 1. The number of carbonyl (C=O) groups excluding carboxylic acids is 1. The third kappa shape index (κ3) is 3.33. The molecule has 0 aliphatic carbocycles. The number of nitrogens with zero attached hydrogens (tertiary/aromatic N) is 3. The first-order valence-corrected chi connectivity index (χ1v) is 9.47. The number of hydrogen-bond donors (Lipinski definition) is 1. The normalized spacial score (nSPS) is 11.1. The first-order chi connectivity index (χ1) is 13.9. The quantitative estimate of drug-likeness (QED) is 0.528. The van der Waals surface area contributed by atoms with E-state index in [0.29, 0.717) is 33.3 Å². The number of aromatic nitrogens is 3. The number of amides is 1. The summed E-state index contributed by atoms with van der Waals surface area (Å²) in [6.07, 6.45) is 0. The minimum atomic E-state index is -0.763. The van der Waals surface area contributed by atoms with Gasteiger partial charge in [-0.05, 0) is 38.1 Å². The maximum atomic E-state index is 14.2. The van der Waals surface area contributed by atoms with Crippen LogP contribution in [0.5, 0.6) is 5.75 Å². The van der Waals surface area contributed by atoms with E-state index in [4.69, 9.17) is 4.74 Å². The molecule has 0 atom stereocenters. The number of carbonyl (C=O) groups is 1. The predicted molar refractivity (Wildman–Crippen MR) is 107 cm³/mol. The first-order valence-electron chi connectivity index (χ1n) is 8.65. The van der Waals surface area contributed by atoms with Crippen molar-refractivity contribution in [2.24, 2.45) is 0 Å². The average Bonchev–Trinajstić information content (AvgIpc) is 3.21. The number of fused-ring (bicyclic) bond motifs is 1. The van der Waals surface area contributed by atoms with Gasteiger partial charge >= 0.3 is 0 Å². The fourth-order valence-corrected chi connectivity index (χ4v) is 4.04. The highest BCUT2D eigenvalue weighted by molar-refractivity contribution is 7.22. The maximum Gasteiger partial charge on any atom is 0.261 e. The second-order valence-corrected chi connectivity index (χ2v) is 7.36. The van der Waals surface area contributed by atoms with E-state index in [-0.39, 0.29) is 5.69 Å². The summed E-state index contributed by atoms with van der Waals surface area (Å²) in [6, 6.07) is 8.73. The van der Waals surface area contributed by atoms with Gasteiger partial charge in [0.2, 0.25) is 0 Å². The number of methoxy groups -OCH3 is 1. The van der Waals surface area contributed by atoms with Crippen LogP contribution in [0.4, 0.5) is 13.9 Å². The van der Waals surface area contributed by atoms with Crippen LogP contribution in [0.3, 0.4) is 0 Å². The number of nitrogens with one attached hydrogen (secondary N) is 1. The molecule has 9 heteroatoms. The summed E-state index contributed by atoms with van der Waals surface area (Å²) in [5, 5.41) is 7.45. The average molecular weight is 414 g/mol. The number of ether oxygens (including phenoxy) is 1. The van der Waals surface area contributed by atoms with Gasteiger partial charge in [0.15, 0.2) is 10.9 Å². The molecule has 0 unspecified atom stereocenters. The Bertz CT molecular complexity index is 1250. The Morgan fingerprint density at radius 3 is 2.72 bits per heavy atom. The SMILES string of the molecule is COc1cccc2sc(NC(=O)c3c(C)nn(-c4ccc(F)cc4F)c3C)nc12. The van der Waals surface area contributed by atoms with Crippen LogP contribution in [-0.2, 0) is 0 Å². The van der Waals surface area contributed by atoms with E-state index in [0.717, 1.165) is 16.8 Å². The van der Waals surface area contributed by atoms with Crippen LogP contribution < -0.4 is 10.1 Å². The summed E-state index contributed by atoms with van der Waals surface area (Å²) in [4.78, 5) is 17.3. The number of benzene rings is 2. The zero-order valence-electron chi connectivity index (χ0n) is 15.8. The molecule has 1 N–H and O–H groups in total. The van der Waals surface area contributed by atoms with E-state index in [1.165, 1.54) is 22.1 Å². The zero-order chi connectivity index (χ0) is 20.7. The van der Waals surface area contributed by atoms with Crippen molar-refractivity contribution in [3.05, 3.63) is 65.0 Å². The highest BCUT2D eigenvalue weighted by atomic mass is 32.1. The number of para-hydroxylation sites is 1. The van der Waals surface area contributed by atoms with Crippen LogP contribution in [-0.4, -0.2) is 27.8 Å². The fourth-order valence-electron chi connectivity index (χ4n) is 3.16. The number of halogens is 2. The molecule has 0 aliphatic rings. The Hall–Kier alpha value is -3.33. The van der Waals surface area contributed by atoms with E-state index in [1.807, 2.05) is 12.1 Å². The highest BCUT2D eigenvalue weighted by Gasteiger charge is 2.22. The van der Waals surface area contributed by atoms with Crippen molar-refractivity contribution in [3.63, 3.8) is 0 Å². The molecule has 0 fully saturated rings. The first kappa shape index (κ1) is 19.0. The lowest BCUT2D eigenvalue weighted by molar-refractivity contribution is 0.102. The molecule has 1 amide bonds. The topological polar surface area (TPSA) is 69.0 Å². The largest absolute Gasteiger partial charge is 0.494 e. The molecule has 0 saturated carbocycles. The second kappa shape index (κ2) is 7.25. The van der Waals surface area contributed by atoms with Crippen LogP contribution in [0.2, 0.25) is 0 Å². The van der Waals surface area contributed by atoms with Gasteiger partial charge in [-0.15, -0.1) is 0 Å². The molecule has 6 nitrogen and oxygen atoms in total. The highest BCUT2D eigenvalue weighted by Crippen LogP contribution is 2.32. The number of thiazole rings is 1. The van der Waals surface area contributed by atoms with Gasteiger partial charge in [0.25, 0.3) is 5.91 Å². The summed E-state index contributed by atoms with van der Waals surface area (Å²) < 4.78 is 34.8. The molecule has 4 aromatic rings. The molecule has 29 heavy (non-hydrogen) atoms. The van der Waals surface area contributed by atoms with Crippen LogP contribution in [0.1, 0.15) is 21.7 Å². The van der Waals surface area contributed by atoms with Gasteiger partial charge in [0.05, 0.1) is 28.8 Å². The van der Waals surface area contributed by atoms with Crippen molar-refractivity contribution in [3.8, 4) is 11.4 Å². The molecule has 0 saturated heterocycles. The molecule has 2 aromatic heterocycles. The Labute approximate surface area is 168 Å². The summed E-state index contributed by atoms with van der Waals surface area (Å²) >= 11 is 1.32. The lowest BCUT2D eigenvalue weighted by Gasteiger charge is -2.07. The van der Waals surface area contributed by atoms with Gasteiger partial charge in [0.1, 0.15) is 22.8 Å². The second-order valence-electron chi connectivity index (χ2n) is 6.33. The van der Waals surface area contributed by atoms with Gasteiger partial charge in [-0.1, -0.05) is 17.4 Å². The van der Waals surface area contributed by atoms with Gasteiger partial charge in [-0.2, -0.15) is 5.10 Å². The predicted octanol–water partition coefficient (Wildman–Crippen LogP) is 4.64. The Morgan fingerprint density at radius 2 is 2.00 bits per heavy atom. The van der Waals surface area contributed by atoms with Crippen LogP contribution >= 0.6 is 11.3 Å². The monoisotopic (exact) mass is 414 g/mol. The van der Waals surface area contributed by atoms with E-state index < -0.39 is 17.5 Å². The summed E-state index contributed by atoms with van der Waals surface area (Å²) in [5.41, 5.74) is 1.88. The van der Waals surface area contributed by atoms with Crippen molar-refractivity contribution in [1.29, 1.82) is 0 Å². The van der Waals surface area contributed by atoms with E-state index >= 15 is 0 Å². The maximum absolute atomic E-state index is 14.2. The van der Waals surface area contributed by atoms with Crippen molar-refractivity contribution in [2.45, 2.75) is 13.8 Å². The summed E-state index contributed by atoms with van der Waals surface area (Å²) in [5.74, 6) is -1.24. The minimum absolute atomic E-state index is 0.0655. The van der Waals surface area contributed by atoms with Crippen molar-refractivity contribution >= 4 is 32.6 Å². The van der Waals surface area contributed by atoms with Gasteiger partial charge in [-0.3, -0.25) is 10.1 Å². The Morgan fingerprint density at radius 1 is 1.21 bits per heavy atom. The lowest BCUT2D eigenvalue weighted by Crippen LogP contribution is -2.14. The van der Waals surface area contributed by atoms with Crippen LogP contribution in [0.15, 0.2) is 36.4 Å². The smallest absolute Gasteiger partial charge is 0.261 e. The standard InChI is InChI=1S/C20H16F2N4O2S/c1-10-17(11(2)26(25-10)14-8-7-12(21)9-13(14)22)19(27)24-20-23-18-15(28-3)5-4-6-16(18)29-20/h4-9H,1-3H3,(H,23,24,27). The van der Waals surface area contributed by atoms with Crippen molar-refractivity contribution in [1.82, 2.24) is 14.8 Å². The van der Waals surface area contributed by atoms with E-state index in [1.54, 1.807) is 27.0 Å². The third-order valence-corrected chi connectivity index (χ3v) is 5.41. The fraction of sp³-hybridized carbons (Fsp3) is 0.150. The van der Waals surface area contributed by atoms with Crippen molar-refractivity contribution < 1.29 is 18.3 Å².